The summed E-state index contributed by atoms with van der Waals surface area (Å²) >= 11 is 0. The van der Waals surface area contributed by atoms with Crippen LogP contribution in [0.5, 0.6) is 0 Å². The number of likely N-dealkylation sites (tertiary alicyclic amines) is 1. The van der Waals surface area contributed by atoms with Crippen molar-refractivity contribution in [1.82, 2.24) is 4.90 Å². The van der Waals surface area contributed by atoms with Gasteiger partial charge in [0.1, 0.15) is 11.3 Å². The molecule has 1 aromatic heterocycles. The Labute approximate surface area is 94.9 Å². The van der Waals surface area contributed by atoms with Crippen LogP contribution in [0.1, 0.15) is 31.9 Å². The first-order valence-electron chi connectivity index (χ1n) is 5.70. The predicted octanol–water partition coefficient (Wildman–Crippen LogP) is 2.11. The summed E-state index contributed by atoms with van der Waals surface area (Å²) in [7, 11) is 0. The van der Waals surface area contributed by atoms with E-state index >= 15 is 0 Å². The highest BCUT2D eigenvalue weighted by Crippen LogP contribution is 2.34. The first-order valence-corrected chi connectivity index (χ1v) is 5.70. The fourth-order valence-electron chi connectivity index (χ4n) is 2.55. The van der Waals surface area contributed by atoms with Gasteiger partial charge in [0.25, 0.3) is 0 Å². The topological polar surface area (TPSA) is 53.7 Å². The number of carboxylic acids is 1. The third-order valence-electron chi connectivity index (χ3n) is 3.53. The fraction of sp³-hybridized carbons (Fsp3) is 0.583. The minimum absolute atomic E-state index is 0.590. The Morgan fingerprint density at radius 2 is 2.50 bits per heavy atom. The van der Waals surface area contributed by atoms with Gasteiger partial charge in [-0.3, -0.25) is 9.69 Å². The van der Waals surface area contributed by atoms with Crippen molar-refractivity contribution in [1.29, 1.82) is 0 Å². The molecule has 2 heterocycles. The van der Waals surface area contributed by atoms with Crippen LogP contribution in [-0.2, 0) is 11.3 Å². The van der Waals surface area contributed by atoms with Gasteiger partial charge in [0.2, 0.25) is 0 Å². The first kappa shape index (κ1) is 11.2. The summed E-state index contributed by atoms with van der Waals surface area (Å²) in [5, 5.41) is 9.39. The van der Waals surface area contributed by atoms with Gasteiger partial charge in [-0.2, -0.15) is 0 Å². The molecule has 88 valence electrons. The SMILES string of the molecule is CCC1(C(=O)O)CCCN1Cc1ccco1. The molecule has 1 N–H and O–H groups in total. The number of hydrogen-bond acceptors (Lipinski definition) is 3. The molecule has 0 aliphatic carbocycles. The van der Waals surface area contributed by atoms with Crippen molar-refractivity contribution >= 4 is 5.97 Å². The molecule has 0 radical (unpaired) electrons. The van der Waals surface area contributed by atoms with Crippen molar-refractivity contribution < 1.29 is 14.3 Å². The van der Waals surface area contributed by atoms with Crippen molar-refractivity contribution in [3.63, 3.8) is 0 Å². The minimum Gasteiger partial charge on any atom is -0.480 e. The molecule has 16 heavy (non-hydrogen) atoms. The summed E-state index contributed by atoms with van der Waals surface area (Å²) in [4.78, 5) is 13.4. The number of rotatable bonds is 4. The highest BCUT2D eigenvalue weighted by Gasteiger charge is 2.46. The van der Waals surface area contributed by atoms with E-state index in [1.165, 1.54) is 0 Å². The predicted molar refractivity (Wildman–Crippen MR) is 59.0 cm³/mol. The molecule has 1 aromatic rings. The molecule has 4 heteroatoms. The van der Waals surface area contributed by atoms with Gasteiger partial charge in [0.05, 0.1) is 12.8 Å². The van der Waals surface area contributed by atoms with Crippen LogP contribution < -0.4 is 0 Å². The van der Waals surface area contributed by atoms with Crippen LogP contribution in [0.4, 0.5) is 0 Å². The van der Waals surface area contributed by atoms with Crippen molar-refractivity contribution in [3.05, 3.63) is 24.2 Å². The molecule has 1 saturated heterocycles. The van der Waals surface area contributed by atoms with E-state index in [4.69, 9.17) is 4.42 Å². The van der Waals surface area contributed by atoms with Gasteiger partial charge in [-0.05, 0) is 37.9 Å². The maximum absolute atomic E-state index is 11.4. The lowest BCUT2D eigenvalue weighted by Crippen LogP contribution is -2.49. The molecule has 0 bridgehead atoms. The Hall–Kier alpha value is -1.29. The van der Waals surface area contributed by atoms with E-state index in [1.807, 2.05) is 24.0 Å². The van der Waals surface area contributed by atoms with E-state index in [9.17, 15) is 9.90 Å². The number of carbonyl (C=O) groups is 1. The summed E-state index contributed by atoms with van der Waals surface area (Å²) in [6.07, 6.45) is 3.95. The maximum atomic E-state index is 11.4. The van der Waals surface area contributed by atoms with Crippen LogP contribution >= 0.6 is 0 Å². The van der Waals surface area contributed by atoms with Crippen LogP contribution in [0.15, 0.2) is 22.8 Å². The zero-order chi connectivity index (χ0) is 11.6. The normalized spacial score (nSPS) is 26.1. The smallest absolute Gasteiger partial charge is 0.324 e. The molecule has 0 saturated carbocycles. The molecular weight excluding hydrogens is 206 g/mol. The lowest BCUT2D eigenvalue weighted by Gasteiger charge is -2.33. The van der Waals surface area contributed by atoms with Crippen molar-refractivity contribution in [2.45, 2.75) is 38.3 Å². The Morgan fingerprint density at radius 3 is 3.06 bits per heavy atom. The molecule has 2 rings (SSSR count). The fourth-order valence-corrected chi connectivity index (χ4v) is 2.55. The number of furan rings is 1. The number of nitrogens with zero attached hydrogens (tertiary/aromatic N) is 1. The minimum atomic E-state index is -0.709. The van der Waals surface area contributed by atoms with Crippen molar-refractivity contribution in [2.75, 3.05) is 6.54 Å². The summed E-state index contributed by atoms with van der Waals surface area (Å²) < 4.78 is 5.28. The van der Waals surface area contributed by atoms with Gasteiger partial charge in [-0.25, -0.2) is 0 Å². The van der Waals surface area contributed by atoms with Gasteiger partial charge in [0.15, 0.2) is 0 Å². The second-order valence-electron chi connectivity index (χ2n) is 4.29. The quantitative estimate of drug-likeness (QED) is 0.849. The van der Waals surface area contributed by atoms with Gasteiger partial charge in [-0.1, -0.05) is 6.92 Å². The van der Waals surface area contributed by atoms with E-state index in [-0.39, 0.29) is 0 Å². The third kappa shape index (κ3) is 1.73. The zero-order valence-electron chi connectivity index (χ0n) is 9.48. The molecule has 1 atom stereocenters. The Morgan fingerprint density at radius 1 is 1.69 bits per heavy atom. The monoisotopic (exact) mass is 223 g/mol. The zero-order valence-corrected chi connectivity index (χ0v) is 9.48. The third-order valence-corrected chi connectivity index (χ3v) is 3.53. The second kappa shape index (κ2) is 4.29. The first-order chi connectivity index (χ1) is 7.69. The van der Waals surface area contributed by atoms with Gasteiger partial charge in [-0.15, -0.1) is 0 Å². The summed E-state index contributed by atoms with van der Waals surface area (Å²) in [5.74, 6) is 0.125. The standard InChI is InChI=1S/C12H17NO3/c1-2-12(11(14)15)6-4-7-13(12)9-10-5-3-8-16-10/h3,5,8H,2,4,6-7,9H2,1H3,(H,14,15). The van der Waals surface area contributed by atoms with Crippen LogP contribution in [0, 0.1) is 0 Å². The summed E-state index contributed by atoms with van der Waals surface area (Å²) in [6.45, 7) is 3.36. The van der Waals surface area contributed by atoms with Gasteiger partial charge >= 0.3 is 5.97 Å². The summed E-state index contributed by atoms with van der Waals surface area (Å²) in [6, 6.07) is 3.72. The Bertz CT molecular complexity index is 360. The molecule has 1 aliphatic rings. The van der Waals surface area contributed by atoms with Gasteiger partial charge < -0.3 is 9.52 Å². The van der Waals surface area contributed by atoms with Crippen LogP contribution in [0.2, 0.25) is 0 Å². The van der Waals surface area contributed by atoms with Crippen LogP contribution in [-0.4, -0.2) is 28.1 Å². The van der Waals surface area contributed by atoms with Crippen molar-refractivity contribution in [3.8, 4) is 0 Å². The molecule has 4 nitrogen and oxygen atoms in total. The van der Waals surface area contributed by atoms with Crippen molar-refractivity contribution in [2.24, 2.45) is 0 Å². The molecule has 1 aliphatic heterocycles. The average Bonchev–Trinajstić information content (AvgIpc) is 2.88. The van der Waals surface area contributed by atoms with Crippen LogP contribution in [0.3, 0.4) is 0 Å². The van der Waals surface area contributed by atoms with E-state index in [0.717, 1.165) is 25.1 Å². The van der Waals surface area contributed by atoms with E-state index in [0.29, 0.717) is 13.0 Å². The molecule has 1 unspecified atom stereocenters. The number of carboxylic acid groups (broad SMARTS) is 1. The van der Waals surface area contributed by atoms with E-state index < -0.39 is 11.5 Å². The van der Waals surface area contributed by atoms with Gasteiger partial charge in [0, 0.05) is 0 Å². The second-order valence-corrected chi connectivity index (χ2v) is 4.29. The Kier molecular flexibility index (Phi) is 3.01. The average molecular weight is 223 g/mol. The summed E-state index contributed by atoms with van der Waals surface area (Å²) in [5.41, 5.74) is -0.688. The molecule has 1 fully saturated rings. The Balaban J connectivity index is 2.16. The molecular formula is C12H17NO3. The molecule has 0 aromatic carbocycles. The number of aliphatic carboxylic acids is 1. The lowest BCUT2D eigenvalue weighted by atomic mass is 9.93. The van der Waals surface area contributed by atoms with E-state index in [2.05, 4.69) is 0 Å². The van der Waals surface area contributed by atoms with Crippen LogP contribution in [0.25, 0.3) is 0 Å². The lowest BCUT2D eigenvalue weighted by molar-refractivity contribution is -0.150. The highest BCUT2D eigenvalue weighted by atomic mass is 16.4. The maximum Gasteiger partial charge on any atom is 0.324 e. The highest BCUT2D eigenvalue weighted by molar-refractivity contribution is 5.79. The van der Waals surface area contributed by atoms with E-state index in [1.54, 1.807) is 6.26 Å². The molecule has 0 spiro atoms. The number of hydrogen-bond donors (Lipinski definition) is 1. The molecule has 0 amide bonds. The largest absolute Gasteiger partial charge is 0.480 e.